The first-order valence-corrected chi connectivity index (χ1v) is 9.44. The average Bonchev–Trinajstić information content (AvgIpc) is 3.32. The molecule has 0 fully saturated rings. The minimum Gasteiger partial charge on any atom is -0.394 e. The average molecular weight is 415 g/mol. The molecular formula is C13H18N7O7P. The number of nitrogen functional groups attached to an aromatic ring is 1. The lowest BCUT2D eigenvalue weighted by Gasteiger charge is -2.24. The van der Waals surface area contributed by atoms with Crippen LogP contribution in [0.25, 0.3) is 11.2 Å². The van der Waals surface area contributed by atoms with Crippen molar-refractivity contribution in [1.29, 1.82) is 0 Å². The lowest BCUT2D eigenvalue weighted by molar-refractivity contribution is -0.108. The molecule has 15 heteroatoms. The molecule has 0 bridgehead atoms. The molecule has 0 spiro atoms. The van der Waals surface area contributed by atoms with Crippen LogP contribution in [0.15, 0.2) is 29.8 Å². The lowest BCUT2D eigenvalue weighted by Crippen LogP contribution is -2.30. The number of aromatic nitrogens is 6. The Morgan fingerprint density at radius 3 is 2.75 bits per heavy atom. The predicted octanol–water partition coefficient (Wildman–Crippen LogP) is -1.57. The number of nitrogens with two attached hydrogens (primary N) is 1. The Morgan fingerprint density at radius 2 is 2.11 bits per heavy atom. The maximum absolute atomic E-state index is 12.1. The molecule has 0 aliphatic carbocycles. The normalized spacial score (nSPS) is 16.1. The number of ether oxygens (including phenoxy) is 1. The van der Waals surface area contributed by atoms with Crippen LogP contribution in [0, 0.1) is 0 Å². The Morgan fingerprint density at radius 1 is 1.32 bits per heavy atom. The molecule has 0 aliphatic heterocycles. The second-order valence-electron chi connectivity index (χ2n) is 5.58. The second-order valence-corrected chi connectivity index (χ2v) is 7.28. The molecule has 3 aromatic heterocycles. The van der Waals surface area contributed by atoms with Crippen LogP contribution in [0.2, 0.25) is 0 Å². The van der Waals surface area contributed by atoms with E-state index >= 15 is 0 Å². The molecule has 0 radical (unpaired) electrons. The van der Waals surface area contributed by atoms with Gasteiger partial charge in [-0.15, -0.1) is 0 Å². The Labute approximate surface area is 156 Å². The van der Waals surface area contributed by atoms with Crippen LogP contribution in [0.1, 0.15) is 6.23 Å². The Hall–Kier alpha value is -2.61. The van der Waals surface area contributed by atoms with Crippen LogP contribution in [0.4, 0.5) is 5.95 Å². The number of fused-ring (bicyclic) bond motifs is 1. The van der Waals surface area contributed by atoms with Gasteiger partial charge in [0.25, 0.3) is 5.56 Å². The largest absolute Gasteiger partial charge is 0.437 e. The molecule has 0 saturated carbocycles. The van der Waals surface area contributed by atoms with Gasteiger partial charge in [-0.3, -0.25) is 18.9 Å². The van der Waals surface area contributed by atoms with Crippen LogP contribution < -0.4 is 11.3 Å². The number of rotatable bonds is 9. The zero-order valence-corrected chi connectivity index (χ0v) is 15.2. The van der Waals surface area contributed by atoms with Gasteiger partial charge in [-0.2, -0.15) is 4.98 Å². The van der Waals surface area contributed by atoms with Crippen molar-refractivity contribution < 1.29 is 28.9 Å². The summed E-state index contributed by atoms with van der Waals surface area (Å²) in [6, 6.07) is 0. The highest BCUT2D eigenvalue weighted by Crippen LogP contribution is 2.43. The smallest absolute Gasteiger partial charge is 0.394 e. The molecule has 3 aromatic rings. The summed E-state index contributed by atoms with van der Waals surface area (Å²) >= 11 is 0. The molecule has 3 heterocycles. The molecule has 28 heavy (non-hydrogen) atoms. The number of hydrogen-bond donors (Lipinski definition) is 5. The van der Waals surface area contributed by atoms with Gasteiger partial charge in [0.1, 0.15) is 12.4 Å². The van der Waals surface area contributed by atoms with E-state index in [1.807, 2.05) is 0 Å². The zero-order valence-electron chi connectivity index (χ0n) is 14.3. The van der Waals surface area contributed by atoms with E-state index in [1.165, 1.54) is 23.3 Å². The van der Waals surface area contributed by atoms with Crippen LogP contribution in [0.3, 0.4) is 0 Å². The summed E-state index contributed by atoms with van der Waals surface area (Å²) in [7, 11) is -4.22. The van der Waals surface area contributed by atoms with E-state index in [9.17, 15) is 24.5 Å². The summed E-state index contributed by atoms with van der Waals surface area (Å²) in [6.45, 7) is -1.63. The summed E-state index contributed by atoms with van der Waals surface area (Å²) in [4.78, 5) is 35.5. The first kappa shape index (κ1) is 20.1. The fourth-order valence-corrected chi connectivity index (χ4v) is 3.27. The number of hydrogen-bond acceptors (Lipinski definition) is 10. The van der Waals surface area contributed by atoms with Gasteiger partial charge in [0.15, 0.2) is 17.4 Å². The summed E-state index contributed by atoms with van der Waals surface area (Å²) < 4.78 is 24.8. The first-order valence-electron chi connectivity index (χ1n) is 7.91. The highest BCUT2D eigenvalue weighted by Gasteiger charge is 2.26. The number of aliphatic hydroxyl groups excluding tert-OH is 2. The molecule has 14 nitrogen and oxygen atoms in total. The van der Waals surface area contributed by atoms with Gasteiger partial charge >= 0.3 is 7.75 Å². The molecular weight excluding hydrogens is 397 g/mol. The highest BCUT2D eigenvalue weighted by molar-refractivity contribution is 7.51. The van der Waals surface area contributed by atoms with Gasteiger partial charge in [-0.1, -0.05) is 0 Å². The summed E-state index contributed by atoms with van der Waals surface area (Å²) in [5, 5.41) is 19.2. The molecule has 0 amide bonds. The van der Waals surface area contributed by atoms with Crippen LogP contribution in [-0.2, 0) is 13.8 Å². The number of nitrogens with one attached hydrogen (secondary N) is 1. The standard InChI is InChI=1S/C13H18N7O7P/c14-13-17-11-10(12(23)18-13)16-7-20(11)9(4-22)27-8(3-21)5-26-28(24,25)19-2-1-15-6-19/h1-2,6-9,21-22H,3-5H2,(H,24,25)(H3,14,17,18,23)/t8-,9+/m0/s1. The van der Waals surface area contributed by atoms with Crippen molar-refractivity contribution in [3.8, 4) is 0 Å². The number of anilines is 1. The molecule has 3 rings (SSSR count). The summed E-state index contributed by atoms with van der Waals surface area (Å²) in [5.74, 6) is -0.153. The second kappa shape index (κ2) is 8.18. The maximum atomic E-state index is 12.1. The van der Waals surface area contributed by atoms with Gasteiger partial charge in [0.05, 0.1) is 26.1 Å². The van der Waals surface area contributed by atoms with Crippen molar-refractivity contribution in [2.75, 3.05) is 25.6 Å². The number of imidazole rings is 2. The van der Waals surface area contributed by atoms with Gasteiger partial charge < -0.3 is 25.6 Å². The van der Waals surface area contributed by atoms with E-state index in [-0.39, 0.29) is 17.1 Å². The number of aliphatic hydroxyl groups is 2. The van der Waals surface area contributed by atoms with Crippen LogP contribution >= 0.6 is 7.75 Å². The summed E-state index contributed by atoms with van der Waals surface area (Å²) in [6.07, 6.45) is 2.67. The van der Waals surface area contributed by atoms with E-state index in [1.54, 1.807) is 0 Å². The van der Waals surface area contributed by atoms with E-state index in [2.05, 4.69) is 19.9 Å². The maximum Gasteiger partial charge on any atom is 0.437 e. The topological polar surface area (TPSA) is 204 Å². The number of nitrogens with zero attached hydrogens (tertiary/aromatic N) is 5. The van der Waals surface area contributed by atoms with E-state index < -0.39 is 45.5 Å². The fourth-order valence-electron chi connectivity index (χ4n) is 2.36. The fraction of sp³-hybridized carbons (Fsp3) is 0.385. The Balaban J connectivity index is 1.76. The Kier molecular flexibility index (Phi) is 5.88. The Bertz CT molecular complexity index is 1030. The molecule has 152 valence electrons. The van der Waals surface area contributed by atoms with Crippen LogP contribution in [0.5, 0.6) is 0 Å². The highest BCUT2D eigenvalue weighted by atomic mass is 31.2. The zero-order chi connectivity index (χ0) is 20.3. The van der Waals surface area contributed by atoms with Crippen molar-refractivity contribution in [1.82, 2.24) is 28.8 Å². The SMILES string of the molecule is Nc1nc2c(ncn2[C@@H](CO)O[C@@H](CO)COP(=O)(O)n2ccnc2)c(=O)[nH]1. The number of aromatic amines is 1. The third kappa shape index (κ3) is 4.11. The quantitative estimate of drug-likeness (QED) is 0.253. The van der Waals surface area contributed by atoms with Crippen molar-refractivity contribution in [3.05, 3.63) is 35.4 Å². The molecule has 0 aromatic carbocycles. The van der Waals surface area contributed by atoms with Crippen LogP contribution in [-0.4, -0.2) is 69.9 Å². The number of H-pyrrole nitrogens is 1. The predicted molar refractivity (Wildman–Crippen MR) is 94.0 cm³/mol. The lowest BCUT2D eigenvalue weighted by atomic mass is 10.4. The van der Waals surface area contributed by atoms with Gasteiger partial charge in [-0.25, -0.2) is 18.9 Å². The minimum absolute atomic E-state index is 0.0204. The monoisotopic (exact) mass is 415 g/mol. The molecule has 0 saturated heterocycles. The minimum atomic E-state index is -4.22. The molecule has 0 aliphatic rings. The van der Waals surface area contributed by atoms with Crippen molar-refractivity contribution in [2.45, 2.75) is 12.3 Å². The molecule has 1 unspecified atom stereocenters. The molecule has 3 atom stereocenters. The van der Waals surface area contributed by atoms with E-state index in [4.69, 9.17) is 15.0 Å². The third-order valence-corrected chi connectivity index (χ3v) is 4.99. The van der Waals surface area contributed by atoms with Gasteiger partial charge in [0.2, 0.25) is 5.95 Å². The summed E-state index contributed by atoms with van der Waals surface area (Å²) in [5.41, 5.74) is 5.00. The molecule has 6 N–H and O–H groups in total. The van der Waals surface area contributed by atoms with Crippen molar-refractivity contribution >= 4 is 24.9 Å². The van der Waals surface area contributed by atoms with Crippen molar-refractivity contribution in [2.24, 2.45) is 0 Å². The van der Waals surface area contributed by atoms with Gasteiger partial charge in [-0.05, 0) is 0 Å². The van der Waals surface area contributed by atoms with Crippen molar-refractivity contribution in [3.63, 3.8) is 0 Å². The third-order valence-electron chi connectivity index (χ3n) is 3.68. The van der Waals surface area contributed by atoms with E-state index in [0.29, 0.717) is 0 Å². The van der Waals surface area contributed by atoms with E-state index in [0.717, 1.165) is 10.7 Å². The van der Waals surface area contributed by atoms with Gasteiger partial charge in [0, 0.05) is 12.4 Å². The first-order chi connectivity index (χ1) is 13.4.